The molecule has 70 valence electrons. The summed E-state index contributed by atoms with van der Waals surface area (Å²) in [7, 11) is 0. The molecule has 0 saturated heterocycles. The Labute approximate surface area is 73.0 Å². The molecule has 1 unspecified atom stereocenters. The number of aliphatic hydroxyl groups is 1. The summed E-state index contributed by atoms with van der Waals surface area (Å²) in [6, 6.07) is 0. The highest BCUT2D eigenvalue weighted by atomic mass is 16.5. The summed E-state index contributed by atoms with van der Waals surface area (Å²) in [5, 5.41) is 9.20. The quantitative estimate of drug-likeness (QED) is 0.501. The van der Waals surface area contributed by atoms with Crippen molar-refractivity contribution in [3.05, 3.63) is 12.2 Å². The minimum atomic E-state index is -0.769. The van der Waals surface area contributed by atoms with Gasteiger partial charge in [0.05, 0.1) is 18.3 Å². The van der Waals surface area contributed by atoms with E-state index in [0.717, 1.165) is 6.42 Å². The van der Waals surface area contributed by atoms with Gasteiger partial charge in [0, 0.05) is 0 Å². The molecule has 0 bridgehead atoms. The Morgan fingerprint density at radius 1 is 1.58 bits per heavy atom. The molecule has 0 spiro atoms. The van der Waals surface area contributed by atoms with E-state index in [-0.39, 0.29) is 5.57 Å². The van der Waals surface area contributed by atoms with E-state index in [1.807, 2.05) is 6.92 Å². The van der Waals surface area contributed by atoms with Crippen molar-refractivity contribution in [1.82, 2.24) is 0 Å². The van der Waals surface area contributed by atoms with Gasteiger partial charge in [-0.25, -0.2) is 4.79 Å². The molecule has 3 nitrogen and oxygen atoms in total. The molecule has 0 saturated carbocycles. The van der Waals surface area contributed by atoms with Crippen LogP contribution in [-0.4, -0.2) is 23.8 Å². The van der Waals surface area contributed by atoms with Gasteiger partial charge in [-0.1, -0.05) is 20.4 Å². The van der Waals surface area contributed by atoms with Crippen LogP contribution in [-0.2, 0) is 9.53 Å². The Kier molecular flexibility index (Phi) is 5.37. The van der Waals surface area contributed by atoms with Crippen molar-refractivity contribution in [2.24, 2.45) is 0 Å². The molecular formula is C9H16O3. The van der Waals surface area contributed by atoms with Crippen LogP contribution in [0.1, 0.15) is 26.7 Å². The lowest BCUT2D eigenvalue weighted by Crippen LogP contribution is -2.18. The molecule has 1 N–H and O–H groups in total. The Hall–Kier alpha value is -0.830. The van der Waals surface area contributed by atoms with Gasteiger partial charge in [-0.05, 0) is 12.8 Å². The average molecular weight is 172 g/mol. The lowest BCUT2D eigenvalue weighted by Gasteiger charge is -2.10. The number of aliphatic hydroxyl groups excluding tert-OH is 1. The predicted octanol–water partition coefficient (Wildman–Crippen LogP) is 1.27. The monoisotopic (exact) mass is 172 g/mol. The second-order valence-electron chi connectivity index (χ2n) is 2.59. The number of carbonyl (C=O) groups excluding carboxylic acids is 1. The van der Waals surface area contributed by atoms with Gasteiger partial charge in [-0.2, -0.15) is 0 Å². The molecule has 0 aliphatic carbocycles. The highest BCUT2D eigenvalue weighted by molar-refractivity contribution is 5.88. The summed E-state index contributed by atoms with van der Waals surface area (Å²) in [5.41, 5.74) is 0.144. The van der Waals surface area contributed by atoms with Crippen molar-refractivity contribution in [1.29, 1.82) is 0 Å². The zero-order valence-corrected chi connectivity index (χ0v) is 7.67. The first-order valence-corrected chi connectivity index (χ1v) is 4.17. The molecule has 3 heteroatoms. The zero-order chi connectivity index (χ0) is 9.56. The molecule has 0 aliphatic heterocycles. The second kappa shape index (κ2) is 5.77. The molecule has 0 aromatic heterocycles. The highest BCUT2D eigenvalue weighted by Crippen LogP contribution is 2.05. The zero-order valence-electron chi connectivity index (χ0n) is 7.67. The van der Waals surface area contributed by atoms with E-state index in [9.17, 15) is 9.90 Å². The molecular weight excluding hydrogens is 156 g/mol. The Morgan fingerprint density at radius 3 is 2.58 bits per heavy atom. The van der Waals surface area contributed by atoms with Crippen molar-refractivity contribution < 1.29 is 14.6 Å². The van der Waals surface area contributed by atoms with Crippen LogP contribution in [0.25, 0.3) is 0 Å². The number of esters is 1. The number of hydrogen-bond acceptors (Lipinski definition) is 3. The van der Waals surface area contributed by atoms with Gasteiger partial charge in [0.25, 0.3) is 0 Å². The van der Waals surface area contributed by atoms with Gasteiger partial charge < -0.3 is 9.84 Å². The van der Waals surface area contributed by atoms with Gasteiger partial charge in [-0.3, -0.25) is 0 Å². The van der Waals surface area contributed by atoms with Gasteiger partial charge >= 0.3 is 5.97 Å². The summed E-state index contributed by atoms with van der Waals surface area (Å²) in [4.78, 5) is 11.0. The molecule has 0 rings (SSSR count). The first-order chi connectivity index (χ1) is 5.63. The standard InChI is InChI=1S/C9H16O3/c1-4-6-12-9(11)7(3)8(10)5-2/h8,10H,3-6H2,1-2H3. The highest BCUT2D eigenvalue weighted by Gasteiger charge is 2.15. The molecule has 12 heavy (non-hydrogen) atoms. The predicted molar refractivity (Wildman–Crippen MR) is 46.7 cm³/mol. The fourth-order valence-corrected chi connectivity index (χ4v) is 0.670. The minimum Gasteiger partial charge on any atom is -0.462 e. The summed E-state index contributed by atoms with van der Waals surface area (Å²) in [5.74, 6) is -0.494. The van der Waals surface area contributed by atoms with Crippen LogP contribution < -0.4 is 0 Å². The molecule has 0 fully saturated rings. The van der Waals surface area contributed by atoms with Gasteiger partial charge in [0.2, 0.25) is 0 Å². The third-order valence-electron chi connectivity index (χ3n) is 1.49. The second-order valence-corrected chi connectivity index (χ2v) is 2.59. The number of rotatable bonds is 5. The number of carbonyl (C=O) groups is 1. The van der Waals surface area contributed by atoms with Crippen LogP contribution in [0.2, 0.25) is 0 Å². The summed E-state index contributed by atoms with van der Waals surface area (Å²) < 4.78 is 4.78. The van der Waals surface area contributed by atoms with Gasteiger partial charge in [0.15, 0.2) is 0 Å². The maximum atomic E-state index is 11.0. The number of hydrogen-bond donors (Lipinski definition) is 1. The van der Waals surface area contributed by atoms with E-state index in [1.165, 1.54) is 0 Å². The van der Waals surface area contributed by atoms with E-state index in [1.54, 1.807) is 6.92 Å². The normalized spacial score (nSPS) is 12.2. The van der Waals surface area contributed by atoms with E-state index in [0.29, 0.717) is 13.0 Å². The topological polar surface area (TPSA) is 46.5 Å². The Balaban J connectivity index is 3.85. The van der Waals surface area contributed by atoms with Gasteiger partial charge in [0.1, 0.15) is 0 Å². The lowest BCUT2D eigenvalue weighted by molar-refractivity contribution is -0.140. The molecule has 0 aliphatic rings. The third kappa shape index (κ3) is 3.53. The molecule has 0 amide bonds. The van der Waals surface area contributed by atoms with Crippen molar-refractivity contribution in [2.75, 3.05) is 6.61 Å². The molecule has 0 aromatic rings. The van der Waals surface area contributed by atoms with Crippen LogP contribution >= 0.6 is 0 Å². The van der Waals surface area contributed by atoms with Crippen molar-refractivity contribution >= 4 is 5.97 Å². The van der Waals surface area contributed by atoms with E-state index < -0.39 is 12.1 Å². The average Bonchev–Trinajstić information content (AvgIpc) is 2.11. The van der Waals surface area contributed by atoms with Crippen LogP contribution in [0, 0.1) is 0 Å². The van der Waals surface area contributed by atoms with Crippen molar-refractivity contribution in [3.63, 3.8) is 0 Å². The number of ether oxygens (including phenoxy) is 1. The molecule has 0 aromatic carbocycles. The smallest absolute Gasteiger partial charge is 0.336 e. The van der Waals surface area contributed by atoms with Crippen LogP contribution in [0.15, 0.2) is 12.2 Å². The summed E-state index contributed by atoms with van der Waals surface area (Å²) in [6.07, 6.45) is 0.496. The van der Waals surface area contributed by atoms with Crippen molar-refractivity contribution in [3.8, 4) is 0 Å². The largest absolute Gasteiger partial charge is 0.462 e. The van der Waals surface area contributed by atoms with Crippen LogP contribution in [0.4, 0.5) is 0 Å². The maximum absolute atomic E-state index is 11.0. The SMILES string of the molecule is C=C(C(=O)OCCC)C(O)CC. The lowest BCUT2D eigenvalue weighted by atomic mass is 10.1. The van der Waals surface area contributed by atoms with E-state index >= 15 is 0 Å². The summed E-state index contributed by atoms with van der Waals surface area (Å²) in [6.45, 7) is 7.53. The molecule has 1 atom stereocenters. The summed E-state index contributed by atoms with van der Waals surface area (Å²) >= 11 is 0. The first kappa shape index (κ1) is 11.2. The fourth-order valence-electron chi connectivity index (χ4n) is 0.670. The van der Waals surface area contributed by atoms with E-state index in [2.05, 4.69) is 6.58 Å². The maximum Gasteiger partial charge on any atom is 0.336 e. The van der Waals surface area contributed by atoms with Gasteiger partial charge in [-0.15, -0.1) is 0 Å². The first-order valence-electron chi connectivity index (χ1n) is 4.17. The molecule has 0 radical (unpaired) electrons. The third-order valence-corrected chi connectivity index (χ3v) is 1.49. The van der Waals surface area contributed by atoms with Crippen LogP contribution in [0.3, 0.4) is 0 Å². The van der Waals surface area contributed by atoms with E-state index in [4.69, 9.17) is 4.74 Å². The van der Waals surface area contributed by atoms with Crippen LogP contribution in [0.5, 0.6) is 0 Å². The van der Waals surface area contributed by atoms with Crippen molar-refractivity contribution in [2.45, 2.75) is 32.8 Å². The Morgan fingerprint density at radius 2 is 2.17 bits per heavy atom. The Bertz CT molecular complexity index is 163. The minimum absolute atomic E-state index is 0.144. The molecule has 0 heterocycles. The fraction of sp³-hybridized carbons (Fsp3) is 0.667.